The fourth-order valence-corrected chi connectivity index (χ4v) is 5.32. The summed E-state index contributed by atoms with van der Waals surface area (Å²) in [5, 5.41) is 16.6. The van der Waals surface area contributed by atoms with Crippen molar-refractivity contribution in [1.82, 2.24) is 9.46 Å². The van der Waals surface area contributed by atoms with Gasteiger partial charge < -0.3 is 14.4 Å². The summed E-state index contributed by atoms with van der Waals surface area (Å²) in [6.45, 7) is 1.29. The van der Waals surface area contributed by atoms with E-state index in [1.807, 2.05) is 0 Å². The zero-order chi connectivity index (χ0) is 27.9. The number of carbonyl (C=O) groups is 2. The first-order valence-electron chi connectivity index (χ1n) is 11.4. The lowest BCUT2D eigenvalue weighted by Crippen LogP contribution is -2.62. The van der Waals surface area contributed by atoms with Crippen molar-refractivity contribution in [1.29, 1.82) is 0 Å². The van der Waals surface area contributed by atoms with E-state index < -0.39 is 33.6 Å². The monoisotopic (exact) mass is 569 g/mol. The maximum Gasteiger partial charge on any atom is 0.412 e. The molecule has 0 bridgehead atoms. The average molecular weight is 570 g/mol. The van der Waals surface area contributed by atoms with Crippen LogP contribution in [-0.4, -0.2) is 65.9 Å². The maximum absolute atomic E-state index is 12.4. The maximum atomic E-state index is 12.4. The zero-order valence-corrected chi connectivity index (χ0v) is 22.1. The number of amidine groups is 1. The van der Waals surface area contributed by atoms with Gasteiger partial charge >= 0.3 is 12.1 Å². The molecule has 14 heteroatoms. The number of anilines is 1. The third kappa shape index (κ3) is 5.09. The van der Waals surface area contributed by atoms with Crippen molar-refractivity contribution in [2.24, 2.45) is 15.4 Å². The van der Waals surface area contributed by atoms with Crippen LogP contribution in [0.15, 0.2) is 68.5 Å². The number of sulfonamides is 1. The first-order valence-corrected chi connectivity index (χ1v) is 13.7. The quantitative estimate of drug-likeness (QED) is 0.501. The van der Waals surface area contributed by atoms with E-state index in [2.05, 4.69) is 32.3 Å². The normalized spacial score (nSPS) is 18.3. The molecule has 0 radical (unpaired) electrons. The van der Waals surface area contributed by atoms with Crippen LogP contribution in [0.4, 0.5) is 10.5 Å². The van der Waals surface area contributed by atoms with E-state index in [0.29, 0.717) is 21.9 Å². The Labute approximate surface area is 227 Å². The smallest absolute Gasteiger partial charge is 0.412 e. The van der Waals surface area contributed by atoms with Gasteiger partial charge in [-0.25, -0.2) is 23.2 Å². The first kappa shape index (κ1) is 26.4. The topological polar surface area (TPSA) is 164 Å². The number of hydrogen-bond acceptors (Lipinski definition) is 9. The third-order valence-electron chi connectivity index (χ3n) is 6.30. The summed E-state index contributed by atoms with van der Waals surface area (Å²) in [4.78, 5) is 33.0. The van der Waals surface area contributed by atoms with Crippen LogP contribution in [0.5, 0.6) is 0 Å². The Bertz CT molecular complexity index is 1690. The van der Waals surface area contributed by atoms with Crippen molar-refractivity contribution in [2.45, 2.75) is 13.0 Å². The molecule has 3 aliphatic heterocycles. The molecule has 1 unspecified atom stereocenters. The molecule has 39 heavy (non-hydrogen) atoms. The molecule has 2 N–H and O–H groups in total. The Hall–Kier alpha value is -4.25. The number of benzene rings is 1. The Morgan fingerprint density at radius 3 is 2.64 bits per heavy atom. The standard InChI is InChI=1S/C25H20ClN5O7S/c1-14(17-5-3-4-6-18(17)26)38-24(34)28-20-11-37-30-19(20)8-7-16-9-15-10-21(29-22(15)27-16)25(23(32)33)12-31(13-25)39(2,35)36/h3-6,9-11,14H,12-13H2,1-2H3,(H,28,34)(H,32,33). The van der Waals surface area contributed by atoms with Crippen LogP contribution in [0.1, 0.15) is 24.3 Å². The number of fused-ring (bicyclic) bond motifs is 1. The first-order chi connectivity index (χ1) is 18.5. The van der Waals surface area contributed by atoms with Crippen molar-refractivity contribution in [3.63, 3.8) is 0 Å². The van der Waals surface area contributed by atoms with Gasteiger partial charge in [-0.2, -0.15) is 4.31 Å². The molecule has 1 aromatic heterocycles. The number of aromatic nitrogens is 1. The Kier molecular flexibility index (Phi) is 6.63. The van der Waals surface area contributed by atoms with Gasteiger partial charge in [-0.3, -0.25) is 10.1 Å². The van der Waals surface area contributed by atoms with E-state index >= 15 is 0 Å². The Morgan fingerprint density at radius 1 is 1.23 bits per heavy atom. The SMILES string of the molecule is CC(OC(=O)Nc1conc1C#CC1=NC2=NC(C3(C(=O)O)CN(S(C)(=O)=O)C3)=CC2=C1)c1ccccc1Cl. The molecular formula is C25H20ClN5O7S. The number of carboxylic acids is 1. The molecule has 5 rings (SSSR count). The van der Waals surface area contributed by atoms with Crippen LogP contribution in [0, 0.1) is 17.3 Å². The summed E-state index contributed by atoms with van der Waals surface area (Å²) in [5.74, 6) is 4.69. The summed E-state index contributed by atoms with van der Waals surface area (Å²) in [6.07, 6.45) is 4.06. The lowest BCUT2D eigenvalue weighted by molar-refractivity contribution is -0.152. The second-order valence-corrected chi connectivity index (χ2v) is 11.4. The number of nitrogens with one attached hydrogen (secondary N) is 1. The molecule has 200 valence electrons. The number of carboxylic acid groups (broad SMARTS) is 1. The predicted molar refractivity (Wildman–Crippen MR) is 141 cm³/mol. The average Bonchev–Trinajstić information content (AvgIpc) is 3.51. The van der Waals surface area contributed by atoms with E-state index in [4.69, 9.17) is 20.9 Å². The largest absolute Gasteiger partial charge is 0.480 e. The number of halogens is 1. The second-order valence-electron chi connectivity index (χ2n) is 9.00. The Morgan fingerprint density at radius 2 is 1.97 bits per heavy atom. The molecule has 1 fully saturated rings. The number of allylic oxidation sites excluding steroid dienone is 1. The number of rotatable bonds is 6. The van der Waals surface area contributed by atoms with Gasteiger partial charge in [0.1, 0.15) is 29.2 Å². The second kappa shape index (κ2) is 9.81. The van der Waals surface area contributed by atoms with Gasteiger partial charge in [-0.05, 0) is 37.0 Å². The van der Waals surface area contributed by atoms with Crippen LogP contribution in [0.25, 0.3) is 0 Å². The molecule has 1 amide bonds. The van der Waals surface area contributed by atoms with E-state index in [-0.39, 0.29) is 36.0 Å². The molecular weight excluding hydrogens is 550 g/mol. The number of amides is 1. The minimum atomic E-state index is -3.51. The summed E-state index contributed by atoms with van der Waals surface area (Å²) in [6, 6.07) is 7.01. The van der Waals surface area contributed by atoms with Gasteiger partial charge in [0, 0.05) is 29.2 Å². The highest BCUT2D eigenvalue weighted by Gasteiger charge is 2.56. The van der Waals surface area contributed by atoms with Crippen molar-refractivity contribution in [3.05, 3.63) is 70.2 Å². The highest BCUT2D eigenvalue weighted by molar-refractivity contribution is 7.88. The third-order valence-corrected chi connectivity index (χ3v) is 7.84. The van der Waals surface area contributed by atoms with Gasteiger partial charge in [-0.15, -0.1) is 0 Å². The molecule has 2 aromatic rings. The fourth-order valence-electron chi connectivity index (χ4n) is 4.13. The Balaban J connectivity index is 1.25. The van der Waals surface area contributed by atoms with Gasteiger partial charge in [0.2, 0.25) is 10.0 Å². The predicted octanol–water partition coefficient (Wildman–Crippen LogP) is 3.01. The number of ether oxygens (including phenoxy) is 1. The van der Waals surface area contributed by atoms with Crippen LogP contribution in [-0.2, 0) is 19.6 Å². The lowest BCUT2D eigenvalue weighted by atomic mass is 9.78. The molecule has 1 aromatic carbocycles. The number of hydrogen-bond donors (Lipinski definition) is 2. The van der Waals surface area contributed by atoms with Crippen LogP contribution in [0.2, 0.25) is 5.02 Å². The molecule has 3 aliphatic rings. The van der Waals surface area contributed by atoms with Gasteiger partial charge in [-0.1, -0.05) is 35.0 Å². The summed E-state index contributed by atoms with van der Waals surface area (Å²) < 4.78 is 34.9. The fraction of sp³-hybridized carbons (Fsp3) is 0.240. The van der Waals surface area contributed by atoms with Crippen molar-refractivity contribution in [3.8, 4) is 11.8 Å². The van der Waals surface area contributed by atoms with E-state index in [0.717, 1.165) is 10.6 Å². The van der Waals surface area contributed by atoms with Gasteiger partial charge in [0.05, 0.1) is 12.0 Å². The lowest BCUT2D eigenvalue weighted by Gasteiger charge is -2.45. The van der Waals surface area contributed by atoms with Crippen LogP contribution in [0.3, 0.4) is 0 Å². The van der Waals surface area contributed by atoms with Crippen molar-refractivity contribution in [2.75, 3.05) is 24.7 Å². The van der Waals surface area contributed by atoms with Gasteiger partial charge in [0.25, 0.3) is 0 Å². The summed E-state index contributed by atoms with van der Waals surface area (Å²) >= 11 is 6.15. The number of aliphatic carboxylic acids is 1. The van der Waals surface area contributed by atoms with E-state index in [1.54, 1.807) is 43.3 Å². The number of nitrogens with zero attached hydrogens (tertiary/aromatic N) is 4. The van der Waals surface area contributed by atoms with Crippen molar-refractivity contribution >= 4 is 50.9 Å². The summed E-state index contributed by atoms with van der Waals surface area (Å²) in [5.41, 5.74) is 0.669. The van der Waals surface area contributed by atoms with E-state index in [1.165, 1.54) is 6.26 Å². The molecule has 1 saturated heterocycles. The molecule has 0 spiro atoms. The zero-order valence-electron chi connectivity index (χ0n) is 20.5. The minimum absolute atomic E-state index is 0.133. The van der Waals surface area contributed by atoms with Crippen LogP contribution >= 0.6 is 11.6 Å². The molecule has 1 atom stereocenters. The molecule has 4 heterocycles. The summed E-state index contributed by atoms with van der Waals surface area (Å²) in [7, 11) is -3.51. The highest BCUT2D eigenvalue weighted by atomic mass is 35.5. The molecule has 12 nitrogen and oxygen atoms in total. The van der Waals surface area contributed by atoms with Crippen molar-refractivity contribution < 1.29 is 32.4 Å². The van der Waals surface area contributed by atoms with E-state index in [9.17, 15) is 23.1 Å². The molecule has 0 saturated carbocycles. The number of carbonyl (C=O) groups excluding carboxylic acids is 1. The van der Waals surface area contributed by atoms with Crippen LogP contribution < -0.4 is 5.32 Å². The number of aliphatic imine (C=N–C) groups is 2. The van der Waals surface area contributed by atoms with Gasteiger partial charge in [0.15, 0.2) is 11.5 Å². The molecule has 0 aliphatic carbocycles. The minimum Gasteiger partial charge on any atom is -0.480 e. The highest BCUT2D eigenvalue weighted by Crippen LogP contribution is 2.43.